The Kier molecular flexibility index (Phi) is 10.4. The van der Waals surface area contributed by atoms with Crippen molar-refractivity contribution < 1.29 is 0 Å². The molecule has 3 aliphatic heterocycles. The van der Waals surface area contributed by atoms with Crippen LogP contribution in [0.15, 0.2) is 185 Å². The molecule has 0 amide bonds. The second-order valence-corrected chi connectivity index (χ2v) is 19.3. The van der Waals surface area contributed by atoms with Crippen molar-refractivity contribution in [3.8, 4) is 0 Å². The second kappa shape index (κ2) is 16.1. The number of nitrogens with zero attached hydrogens (tertiary/aromatic N) is 2. The lowest BCUT2D eigenvalue weighted by molar-refractivity contribution is 1.19. The van der Waals surface area contributed by atoms with Crippen LogP contribution in [0.5, 0.6) is 0 Å². The van der Waals surface area contributed by atoms with Gasteiger partial charge in [-0.3, -0.25) is 0 Å². The molecule has 2 aromatic heterocycles. The van der Waals surface area contributed by atoms with Gasteiger partial charge < -0.3 is 9.97 Å². The summed E-state index contributed by atoms with van der Waals surface area (Å²) in [7, 11) is 0. The average Bonchev–Trinajstić information content (AvgIpc) is 4.06. The second-order valence-electron chi connectivity index (χ2n) is 16.0. The van der Waals surface area contributed by atoms with Gasteiger partial charge in [0.25, 0.3) is 0 Å². The van der Waals surface area contributed by atoms with E-state index in [1.807, 2.05) is 0 Å². The van der Waals surface area contributed by atoms with Crippen molar-refractivity contribution in [3.05, 3.63) is 216 Å². The Hall–Kier alpha value is -5.99. The summed E-state index contributed by atoms with van der Waals surface area (Å²) in [5.74, 6) is 0. The predicted octanol–water partition coefficient (Wildman–Crippen LogP) is 11.0. The Morgan fingerprint density at radius 2 is 0.885 bits per heavy atom. The van der Waals surface area contributed by atoms with Gasteiger partial charge in [0.05, 0.1) is 44.2 Å². The lowest BCUT2D eigenvalue weighted by Gasteiger charge is -2.17. The monoisotopic (exact) mass is 844 g/mol. The van der Waals surface area contributed by atoms with E-state index in [1.54, 1.807) is 35.3 Å². The van der Waals surface area contributed by atoms with E-state index < -0.39 is 0 Å². The number of aromatic nitrogens is 2. The molecule has 0 unspecified atom stereocenters. The number of nitrogens with one attached hydrogen (secondary N) is 2. The van der Waals surface area contributed by atoms with Crippen LogP contribution in [0.2, 0.25) is 0 Å². The fourth-order valence-corrected chi connectivity index (χ4v) is 11.8. The van der Waals surface area contributed by atoms with Crippen LogP contribution < -0.4 is 21.4 Å². The molecule has 61 heavy (non-hydrogen) atoms. The molecule has 2 N–H and O–H groups in total. The Balaban J connectivity index is 1.38. The zero-order valence-corrected chi connectivity index (χ0v) is 37.4. The van der Waals surface area contributed by atoms with Crippen LogP contribution in [-0.2, 0) is 0 Å². The molecular formula is C54H44N4S3. The molecular weight excluding hydrogens is 801 g/mol. The number of benzene rings is 5. The molecule has 0 spiro atoms. The fraction of sp³-hybridized carbons (Fsp3) is 0.111. The smallest absolute Gasteiger partial charge is 0.0884 e. The molecule has 7 heteroatoms. The normalized spacial score (nSPS) is 14.4. The fourth-order valence-electron chi connectivity index (χ4n) is 8.86. The predicted molar refractivity (Wildman–Crippen MR) is 259 cm³/mol. The minimum atomic E-state index is 0.892. The van der Waals surface area contributed by atoms with Crippen LogP contribution in [0.3, 0.4) is 0 Å². The number of hydrogen-bond donors (Lipinski definition) is 2. The first kappa shape index (κ1) is 39.2. The van der Waals surface area contributed by atoms with Gasteiger partial charge in [-0.2, -0.15) is 0 Å². The molecule has 3 aliphatic rings. The van der Waals surface area contributed by atoms with Gasteiger partial charge in [0.2, 0.25) is 0 Å². The Morgan fingerprint density at radius 1 is 0.443 bits per heavy atom. The van der Waals surface area contributed by atoms with E-state index in [9.17, 15) is 0 Å². The molecule has 0 fully saturated rings. The highest BCUT2D eigenvalue weighted by Gasteiger charge is 2.28. The number of aryl methyl sites for hydroxylation is 6. The highest BCUT2D eigenvalue weighted by atomic mass is 32.2. The summed E-state index contributed by atoms with van der Waals surface area (Å²) in [5, 5.41) is 3.98. The van der Waals surface area contributed by atoms with Gasteiger partial charge in [0, 0.05) is 40.5 Å². The Bertz CT molecular complexity index is 3260. The molecule has 8 bridgehead atoms. The van der Waals surface area contributed by atoms with Crippen molar-refractivity contribution >= 4 is 69.2 Å². The Morgan fingerprint density at radius 3 is 1.39 bits per heavy atom. The van der Waals surface area contributed by atoms with Gasteiger partial charge in [-0.15, -0.1) is 0 Å². The highest BCUT2D eigenvalue weighted by molar-refractivity contribution is 8.04. The first-order valence-electron chi connectivity index (χ1n) is 20.6. The highest BCUT2D eigenvalue weighted by Crippen LogP contribution is 2.39. The summed E-state index contributed by atoms with van der Waals surface area (Å²) >= 11 is 5.31. The number of thioether (sulfide) groups is 1. The van der Waals surface area contributed by atoms with E-state index in [0.29, 0.717) is 0 Å². The number of allylic oxidation sites excluding steroid dienone is 2. The summed E-state index contributed by atoms with van der Waals surface area (Å²) in [6.45, 7) is 13.3. The maximum Gasteiger partial charge on any atom is 0.0884 e. The summed E-state index contributed by atoms with van der Waals surface area (Å²) in [6.07, 6.45) is 6.65. The van der Waals surface area contributed by atoms with Crippen molar-refractivity contribution in [2.75, 3.05) is 0 Å². The molecule has 0 atom stereocenters. The molecule has 0 saturated carbocycles. The lowest BCUT2D eigenvalue weighted by atomic mass is 9.90. The number of aromatic amines is 2. The summed E-state index contributed by atoms with van der Waals surface area (Å²) in [5.41, 5.74) is 15.5. The third-order valence-corrected chi connectivity index (χ3v) is 14.4. The first-order chi connectivity index (χ1) is 29.7. The van der Waals surface area contributed by atoms with Gasteiger partial charge in [-0.25, -0.2) is 9.98 Å². The number of fused-ring (bicyclic) bond motifs is 6. The minimum absolute atomic E-state index is 0.892. The molecule has 0 saturated heterocycles. The summed E-state index contributed by atoms with van der Waals surface area (Å²) in [4.78, 5) is 26.1. The van der Waals surface area contributed by atoms with Crippen LogP contribution in [0.25, 0.3) is 22.5 Å². The largest absolute Gasteiger partial charge is 0.352 e. The van der Waals surface area contributed by atoms with E-state index in [4.69, 9.17) is 9.98 Å². The maximum absolute atomic E-state index is 5.74. The van der Waals surface area contributed by atoms with E-state index in [2.05, 4.69) is 197 Å². The zero-order valence-electron chi connectivity index (χ0n) is 35.0. The summed E-state index contributed by atoms with van der Waals surface area (Å²) in [6, 6.07) is 45.7. The van der Waals surface area contributed by atoms with Crippen molar-refractivity contribution in [3.63, 3.8) is 0 Å². The zero-order chi connectivity index (χ0) is 41.8. The van der Waals surface area contributed by atoms with Crippen molar-refractivity contribution in [2.24, 2.45) is 9.98 Å². The van der Waals surface area contributed by atoms with Crippen molar-refractivity contribution in [1.82, 2.24) is 9.97 Å². The van der Waals surface area contributed by atoms with Gasteiger partial charge in [0.1, 0.15) is 0 Å². The first-order valence-corrected chi connectivity index (χ1v) is 23.0. The molecule has 7 aromatic rings. The van der Waals surface area contributed by atoms with Crippen LogP contribution in [0.1, 0.15) is 44.5 Å². The van der Waals surface area contributed by atoms with Crippen LogP contribution >= 0.6 is 35.3 Å². The van der Waals surface area contributed by atoms with Gasteiger partial charge in [-0.1, -0.05) is 125 Å². The van der Waals surface area contributed by atoms with Crippen LogP contribution in [0, 0.1) is 41.5 Å². The van der Waals surface area contributed by atoms with E-state index in [1.165, 1.54) is 49.4 Å². The molecule has 0 radical (unpaired) electrons. The van der Waals surface area contributed by atoms with E-state index >= 15 is 0 Å². The number of rotatable bonds is 8. The minimum Gasteiger partial charge on any atom is -0.352 e. The molecule has 0 aliphatic carbocycles. The van der Waals surface area contributed by atoms with Gasteiger partial charge in [-0.05, 0) is 142 Å². The SMILES string of the molecule is Cc1cc(C)c(C2=c3[nH]c(cc3Sc3ccccc3)=C3C=C(Sc4ccccc4)C(=N3)C(c3c(C)cc(C)cc3C)=c3[nH]c(cc3Sc3ccccc3)=C3C=CC2=N3)c(C)c1. The van der Waals surface area contributed by atoms with Crippen LogP contribution in [-0.4, -0.2) is 21.4 Å². The quantitative estimate of drug-likeness (QED) is 0.160. The molecule has 298 valence electrons. The molecule has 5 aromatic carbocycles. The maximum atomic E-state index is 5.74. The number of hydrogen-bond acceptors (Lipinski definition) is 5. The third-order valence-electron chi connectivity index (χ3n) is 11.2. The molecule has 10 rings (SSSR count). The topological polar surface area (TPSA) is 56.3 Å². The standard InChI is InChI=1S/C54H44N4S3/c1-31-24-33(3)48(34(4)25-31)50-41-23-22-40(55-41)42-28-46(60-38-18-12-8-13-19-38)53(56-42)51(49-35(5)26-32(2)27-36(49)6)54-47(61-39-20-14-9-15-21-39)30-44(58-54)43-29-45(52(50)57-43)59-37-16-10-7-11-17-37/h7-30,56-57H,1-6H3. The summed E-state index contributed by atoms with van der Waals surface area (Å²) < 4.78 is 0. The van der Waals surface area contributed by atoms with Crippen molar-refractivity contribution in [2.45, 2.75) is 66.0 Å². The number of aliphatic imine (C=N–C) groups is 2. The molecule has 4 nitrogen and oxygen atoms in total. The van der Waals surface area contributed by atoms with Gasteiger partial charge >= 0.3 is 0 Å². The van der Waals surface area contributed by atoms with E-state index in [-0.39, 0.29) is 0 Å². The lowest BCUT2D eigenvalue weighted by Crippen LogP contribution is -2.22. The Labute approximate surface area is 369 Å². The van der Waals surface area contributed by atoms with Gasteiger partial charge in [0.15, 0.2) is 0 Å². The van der Waals surface area contributed by atoms with Crippen molar-refractivity contribution in [1.29, 1.82) is 0 Å². The number of H-pyrrole nitrogens is 2. The van der Waals surface area contributed by atoms with Crippen LogP contribution in [0.4, 0.5) is 0 Å². The third kappa shape index (κ3) is 7.56. The molecule has 5 heterocycles. The average molecular weight is 845 g/mol. The van der Waals surface area contributed by atoms with E-state index in [0.717, 1.165) is 79.8 Å².